The van der Waals surface area contributed by atoms with Crippen molar-refractivity contribution in [3.8, 4) is 0 Å². The van der Waals surface area contributed by atoms with E-state index in [0.717, 1.165) is 17.7 Å². The molecule has 1 aromatic rings. The predicted octanol–water partition coefficient (Wildman–Crippen LogP) is 2.97. The number of hydrogen-bond donors (Lipinski definition) is 1. The summed E-state index contributed by atoms with van der Waals surface area (Å²) in [6, 6.07) is 3.90. The number of azide groups is 1. The van der Waals surface area contributed by atoms with Crippen LogP contribution in [0, 0.1) is 0 Å². The molecule has 0 spiro atoms. The van der Waals surface area contributed by atoms with Crippen molar-refractivity contribution in [1.82, 2.24) is 5.32 Å². The summed E-state index contributed by atoms with van der Waals surface area (Å²) in [6.07, 6.45) is 4.93. The molecule has 17 heavy (non-hydrogen) atoms. The summed E-state index contributed by atoms with van der Waals surface area (Å²) in [5.41, 5.74) is 8.05. The lowest BCUT2D eigenvalue weighted by Crippen LogP contribution is -2.22. The van der Waals surface area contributed by atoms with E-state index in [1.165, 1.54) is 6.08 Å². The fraction of sp³-hybridized carbons (Fsp3) is 0.364. The van der Waals surface area contributed by atoms with Crippen LogP contribution in [0.25, 0.3) is 16.5 Å². The first-order chi connectivity index (χ1) is 8.33. The third kappa shape index (κ3) is 6.40. The van der Waals surface area contributed by atoms with Gasteiger partial charge in [0.1, 0.15) is 0 Å². The van der Waals surface area contributed by atoms with Crippen LogP contribution in [0.15, 0.2) is 28.7 Å². The van der Waals surface area contributed by atoms with Crippen LogP contribution < -0.4 is 5.32 Å². The van der Waals surface area contributed by atoms with Crippen molar-refractivity contribution in [3.63, 3.8) is 0 Å². The number of thiophene rings is 1. The van der Waals surface area contributed by atoms with E-state index >= 15 is 0 Å². The molecule has 1 amide bonds. The van der Waals surface area contributed by atoms with E-state index in [9.17, 15) is 4.79 Å². The highest BCUT2D eigenvalue weighted by molar-refractivity contribution is 7.10. The van der Waals surface area contributed by atoms with Crippen molar-refractivity contribution < 1.29 is 4.79 Å². The Balaban J connectivity index is 2.11. The molecule has 0 atom stereocenters. The third-order valence-corrected chi connectivity index (χ3v) is 2.83. The summed E-state index contributed by atoms with van der Waals surface area (Å²) >= 11 is 1.59. The molecule has 1 rings (SSSR count). The zero-order valence-corrected chi connectivity index (χ0v) is 10.2. The van der Waals surface area contributed by atoms with E-state index in [1.807, 2.05) is 17.5 Å². The Morgan fingerprint density at radius 3 is 3.18 bits per heavy atom. The normalized spacial score (nSPS) is 10.1. The summed E-state index contributed by atoms with van der Waals surface area (Å²) in [4.78, 5) is 15.1. The highest BCUT2D eigenvalue weighted by Crippen LogP contribution is 2.09. The Morgan fingerprint density at radius 1 is 1.59 bits per heavy atom. The lowest BCUT2D eigenvalue weighted by Gasteiger charge is -1.99. The van der Waals surface area contributed by atoms with Crippen LogP contribution in [0.3, 0.4) is 0 Å². The van der Waals surface area contributed by atoms with Crippen molar-refractivity contribution >= 4 is 23.3 Å². The first kappa shape index (κ1) is 13.3. The molecule has 0 aliphatic carbocycles. The number of unbranched alkanes of at least 4 members (excludes halogenated alkanes) is 1. The molecule has 0 saturated carbocycles. The average Bonchev–Trinajstić information content (AvgIpc) is 2.84. The Bertz CT molecular complexity index is 407. The fourth-order valence-electron chi connectivity index (χ4n) is 1.17. The summed E-state index contributed by atoms with van der Waals surface area (Å²) in [7, 11) is 0. The number of nitrogens with zero attached hydrogens (tertiary/aromatic N) is 3. The predicted molar refractivity (Wildman–Crippen MR) is 69.6 cm³/mol. The zero-order valence-electron chi connectivity index (χ0n) is 9.37. The molecule has 6 heteroatoms. The van der Waals surface area contributed by atoms with Crippen LogP contribution in [0.4, 0.5) is 0 Å². The van der Waals surface area contributed by atoms with Gasteiger partial charge in [-0.05, 0) is 35.9 Å². The lowest BCUT2D eigenvalue weighted by molar-refractivity contribution is -0.116. The smallest absolute Gasteiger partial charge is 0.244 e. The Kier molecular flexibility index (Phi) is 6.55. The van der Waals surface area contributed by atoms with Crippen molar-refractivity contribution in [2.75, 3.05) is 13.1 Å². The number of nitrogens with one attached hydrogen (secondary N) is 1. The molecule has 1 aromatic heterocycles. The van der Waals surface area contributed by atoms with Crippen LogP contribution in [0.1, 0.15) is 17.7 Å². The van der Waals surface area contributed by atoms with Gasteiger partial charge >= 0.3 is 0 Å². The zero-order chi connectivity index (χ0) is 12.3. The number of carbonyl (C=O) groups is 1. The van der Waals surface area contributed by atoms with E-state index in [1.54, 1.807) is 17.4 Å². The van der Waals surface area contributed by atoms with Gasteiger partial charge in [0, 0.05) is 29.0 Å². The summed E-state index contributed by atoms with van der Waals surface area (Å²) < 4.78 is 0. The topological polar surface area (TPSA) is 77.9 Å². The van der Waals surface area contributed by atoms with Gasteiger partial charge in [0.2, 0.25) is 5.91 Å². The van der Waals surface area contributed by atoms with Crippen molar-refractivity contribution in [1.29, 1.82) is 0 Å². The molecule has 0 aliphatic heterocycles. The molecule has 90 valence electrons. The number of carbonyl (C=O) groups excluding carboxylic acids is 1. The van der Waals surface area contributed by atoms with E-state index < -0.39 is 0 Å². The van der Waals surface area contributed by atoms with E-state index in [2.05, 4.69) is 15.3 Å². The minimum absolute atomic E-state index is 0.0952. The molecule has 5 nitrogen and oxygen atoms in total. The minimum atomic E-state index is -0.0952. The Hall–Kier alpha value is -1.78. The molecule has 0 bridgehead atoms. The molecule has 0 unspecified atom stereocenters. The largest absolute Gasteiger partial charge is 0.353 e. The van der Waals surface area contributed by atoms with E-state index in [4.69, 9.17) is 5.53 Å². The van der Waals surface area contributed by atoms with E-state index in [-0.39, 0.29) is 5.91 Å². The second-order valence-electron chi connectivity index (χ2n) is 3.30. The first-order valence-corrected chi connectivity index (χ1v) is 6.21. The lowest BCUT2D eigenvalue weighted by atomic mass is 10.3. The molecule has 0 aromatic carbocycles. The second-order valence-corrected chi connectivity index (χ2v) is 4.28. The molecule has 1 N–H and O–H groups in total. The van der Waals surface area contributed by atoms with Gasteiger partial charge < -0.3 is 5.32 Å². The van der Waals surface area contributed by atoms with Gasteiger partial charge in [-0.3, -0.25) is 4.79 Å². The maximum absolute atomic E-state index is 11.4. The van der Waals surface area contributed by atoms with Crippen molar-refractivity contribution in [2.24, 2.45) is 5.11 Å². The Morgan fingerprint density at radius 2 is 2.47 bits per heavy atom. The molecule has 0 radical (unpaired) electrons. The van der Waals surface area contributed by atoms with Crippen LogP contribution >= 0.6 is 11.3 Å². The highest BCUT2D eigenvalue weighted by Gasteiger charge is 1.94. The Labute approximate surface area is 104 Å². The maximum Gasteiger partial charge on any atom is 0.244 e. The number of hydrogen-bond acceptors (Lipinski definition) is 3. The van der Waals surface area contributed by atoms with Gasteiger partial charge in [0.15, 0.2) is 0 Å². The standard InChI is InChI=1S/C11H14N4OS/c12-15-14-8-2-1-7-13-11(16)6-5-10-4-3-9-17-10/h3-6,9H,1-2,7-8H2,(H,13,16)/b6-5+. The molecular weight excluding hydrogens is 236 g/mol. The molecular formula is C11H14N4OS. The minimum Gasteiger partial charge on any atom is -0.353 e. The van der Waals surface area contributed by atoms with Gasteiger partial charge in [-0.2, -0.15) is 0 Å². The van der Waals surface area contributed by atoms with E-state index in [0.29, 0.717) is 13.1 Å². The average molecular weight is 250 g/mol. The fourth-order valence-corrected chi connectivity index (χ4v) is 1.78. The van der Waals surface area contributed by atoms with Crippen LogP contribution in [-0.2, 0) is 4.79 Å². The summed E-state index contributed by atoms with van der Waals surface area (Å²) in [5, 5.41) is 8.15. The summed E-state index contributed by atoms with van der Waals surface area (Å²) in [6.45, 7) is 1.09. The van der Waals surface area contributed by atoms with Gasteiger partial charge in [0.05, 0.1) is 0 Å². The van der Waals surface area contributed by atoms with Crippen molar-refractivity contribution in [3.05, 3.63) is 38.9 Å². The SMILES string of the molecule is [N-]=[N+]=NCCCCNC(=O)/C=C/c1cccs1. The summed E-state index contributed by atoms with van der Waals surface area (Å²) in [5.74, 6) is -0.0952. The molecule has 0 aliphatic rings. The molecule has 0 fully saturated rings. The van der Waals surface area contributed by atoms with Crippen LogP contribution in [0.2, 0.25) is 0 Å². The second kappa shape index (κ2) is 8.38. The van der Waals surface area contributed by atoms with Crippen LogP contribution in [0.5, 0.6) is 0 Å². The van der Waals surface area contributed by atoms with Gasteiger partial charge in [-0.15, -0.1) is 11.3 Å². The quantitative estimate of drug-likeness (QED) is 0.261. The van der Waals surface area contributed by atoms with Gasteiger partial charge in [-0.1, -0.05) is 11.2 Å². The third-order valence-electron chi connectivity index (χ3n) is 1.99. The van der Waals surface area contributed by atoms with Crippen molar-refractivity contribution in [2.45, 2.75) is 12.8 Å². The maximum atomic E-state index is 11.4. The van der Waals surface area contributed by atoms with Gasteiger partial charge in [0.25, 0.3) is 0 Å². The first-order valence-electron chi connectivity index (χ1n) is 5.33. The van der Waals surface area contributed by atoms with Crippen LogP contribution in [-0.4, -0.2) is 19.0 Å². The highest BCUT2D eigenvalue weighted by atomic mass is 32.1. The molecule has 1 heterocycles. The number of rotatable bonds is 7. The number of amides is 1. The molecule has 0 saturated heterocycles. The monoisotopic (exact) mass is 250 g/mol. The van der Waals surface area contributed by atoms with Gasteiger partial charge in [-0.25, -0.2) is 0 Å².